The average Bonchev–Trinajstić information content (AvgIpc) is 2.62. The largest absolute Gasteiger partial charge is 0.337 e. The van der Waals surface area contributed by atoms with Crippen LogP contribution in [0, 0.1) is 0 Å². The zero-order chi connectivity index (χ0) is 18.9. The van der Waals surface area contributed by atoms with Gasteiger partial charge in [-0.15, -0.1) is 0 Å². The van der Waals surface area contributed by atoms with E-state index in [1.165, 1.54) is 30.7 Å². The summed E-state index contributed by atoms with van der Waals surface area (Å²) in [6, 6.07) is 11.2. The number of hydrogen-bond donors (Lipinski definition) is 1. The molecule has 138 valence electrons. The van der Waals surface area contributed by atoms with Crippen molar-refractivity contribution in [3.63, 3.8) is 0 Å². The first-order chi connectivity index (χ1) is 12.3. The summed E-state index contributed by atoms with van der Waals surface area (Å²) < 4.78 is 27.6. The molecule has 0 fully saturated rings. The van der Waals surface area contributed by atoms with E-state index < -0.39 is 16.1 Å². The summed E-state index contributed by atoms with van der Waals surface area (Å²) in [5, 5.41) is 0.301. The van der Waals surface area contributed by atoms with E-state index in [4.69, 9.17) is 23.2 Å². The van der Waals surface area contributed by atoms with Crippen LogP contribution in [0.4, 0.5) is 0 Å². The number of nitrogens with one attached hydrogen (secondary N) is 1. The SMILES string of the molecule is C[C@H](NS(=O)(=O)c1cc(Cl)ccc1Cl)C(=O)N1CCc2ccccc2C1. The summed E-state index contributed by atoms with van der Waals surface area (Å²) in [5.41, 5.74) is 2.30. The van der Waals surface area contributed by atoms with E-state index >= 15 is 0 Å². The Morgan fingerprint density at radius 2 is 1.85 bits per heavy atom. The first-order valence-corrected chi connectivity index (χ1v) is 10.3. The Kier molecular flexibility index (Phi) is 5.58. The van der Waals surface area contributed by atoms with Crippen LogP contribution in [0.2, 0.25) is 10.0 Å². The molecule has 0 saturated heterocycles. The van der Waals surface area contributed by atoms with Crippen molar-refractivity contribution in [2.75, 3.05) is 6.54 Å². The van der Waals surface area contributed by atoms with E-state index in [9.17, 15) is 13.2 Å². The number of hydrogen-bond acceptors (Lipinski definition) is 3. The van der Waals surface area contributed by atoms with Gasteiger partial charge in [-0.05, 0) is 42.7 Å². The minimum absolute atomic E-state index is 0.0495. The predicted molar refractivity (Wildman–Crippen MR) is 102 cm³/mol. The molecule has 3 rings (SSSR count). The lowest BCUT2D eigenvalue weighted by Crippen LogP contribution is -2.48. The summed E-state index contributed by atoms with van der Waals surface area (Å²) in [7, 11) is -3.97. The number of amides is 1. The standard InChI is InChI=1S/C18H18Cl2N2O3S/c1-12(21-26(24,25)17-10-15(19)6-7-16(17)20)18(23)22-9-8-13-4-2-3-5-14(13)11-22/h2-7,10,12,21H,8-9,11H2,1H3/t12-/m0/s1. The highest BCUT2D eigenvalue weighted by Gasteiger charge is 2.29. The topological polar surface area (TPSA) is 66.5 Å². The van der Waals surface area contributed by atoms with E-state index in [0.29, 0.717) is 13.1 Å². The maximum absolute atomic E-state index is 12.7. The van der Waals surface area contributed by atoms with Gasteiger partial charge in [-0.1, -0.05) is 47.5 Å². The van der Waals surface area contributed by atoms with Crippen LogP contribution in [-0.2, 0) is 27.8 Å². The molecule has 2 aromatic rings. The first-order valence-electron chi connectivity index (χ1n) is 8.11. The summed E-state index contributed by atoms with van der Waals surface area (Å²) in [6.07, 6.45) is 0.751. The third-order valence-corrected chi connectivity index (χ3v) is 6.58. The minimum Gasteiger partial charge on any atom is -0.337 e. The van der Waals surface area contributed by atoms with Crippen molar-refractivity contribution in [2.24, 2.45) is 0 Å². The highest BCUT2D eigenvalue weighted by Crippen LogP contribution is 2.25. The fraction of sp³-hybridized carbons (Fsp3) is 0.278. The van der Waals surface area contributed by atoms with Crippen LogP contribution < -0.4 is 4.72 Å². The molecule has 1 aliphatic rings. The third-order valence-electron chi connectivity index (χ3n) is 4.33. The van der Waals surface area contributed by atoms with E-state index in [0.717, 1.165) is 12.0 Å². The molecule has 26 heavy (non-hydrogen) atoms. The monoisotopic (exact) mass is 412 g/mol. The number of benzene rings is 2. The van der Waals surface area contributed by atoms with Gasteiger partial charge in [-0.25, -0.2) is 8.42 Å². The molecule has 2 aromatic carbocycles. The van der Waals surface area contributed by atoms with Crippen molar-refractivity contribution >= 4 is 39.1 Å². The molecule has 0 spiro atoms. The average molecular weight is 413 g/mol. The van der Waals surface area contributed by atoms with Gasteiger partial charge in [0.2, 0.25) is 15.9 Å². The van der Waals surface area contributed by atoms with Gasteiger partial charge >= 0.3 is 0 Å². The van der Waals surface area contributed by atoms with E-state index in [2.05, 4.69) is 4.72 Å². The van der Waals surface area contributed by atoms with E-state index in [-0.39, 0.29) is 20.8 Å². The molecule has 0 unspecified atom stereocenters. The Labute approximate surface area is 163 Å². The van der Waals surface area contributed by atoms with Gasteiger partial charge in [-0.3, -0.25) is 4.79 Å². The highest BCUT2D eigenvalue weighted by molar-refractivity contribution is 7.89. The second-order valence-electron chi connectivity index (χ2n) is 6.20. The van der Waals surface area contributed by atoms with Crippen LogP contribution in [-0.4, -0.2) is 31.8 Å². The summed E-state index contributed by atoms with van der Waals surface area (Å²) in [4.78, 5) is 14.2. The quantitative estimate of drug-likeness (QED) is 0.837. The van der Waals surface area contributed by atoms with Gasteiger partial charge in [0.25, 0.3) is 0 Å². The maximum atomic E-state index is 12.7. The Morgan fingerprint density at radius 1 is 1.15 bits per heavy atom. The van der Waals surface area contributed by atoms with Crippen LogP contribution in [0.15, 0.2) is 47.4 Å². The van der Waals surface area contributed by atoms with Crippen LogP contribution in [0.5, 0.6) is 0 Å². The molecule has 0 bridgehead atoms. The molecule has 0 aromatic heterocycles. The Bertz CT molecular complexity index is 947. The smallest absolute Gasteiger partial charge is 0.242 e. The number of rotatable bonds is 4. The fourth-order valence-corrected chi connectivity index (χ4v) is 4.95. The molecule has 1 atom stereocenters. The van der Waals surface area contributed by atoms with Gasteiger partial charge in [-0.2, -0.15) is 4.72 Å². The molecule has 1 aliphatic heterocycles. The van der Waals surface area contributed by atoms with Crippen LogP contribution in [0.3, 0.4) is 0 Å². The molecule has 5 nitrogen and oxygen atoms in total. The molecule has 1 N–H and O–H groups in total. The Balaban J connectivity index is 1.74. The number of carbonyl (C=O) groups excluding carboxylic acids is 1. The lowest BCUT2D eigenvalue weighted by molar-refractivity contribution is -0.133. The van der Waals surface area contributed by atoms with Gasteiger partial charge in [0.1, 0.15) is 4.90 Å². The van der Waals surface area contributed by atoms with Crippen LogP contribution in [0.25, 0.3) is 0 Å². The second kappa shape index (κ2) is 7.56. The Morgan fingerprint density at radius 3 is 2.58 bits per heavy atom. The van der Waals surface area contributed by atoms with Crippen LogP contribution >= 0.6 is 23.2 Å². The van der Waals surface area contributed by atoms with Crippen molar-refractivity contribution in [3.8, 4) is 0 Å². The summed E-state index contributed by atoms with van der Waals surface area (Å²) >= 11 is 11.8. The first kappa shape index (κ1) is 19.2. The minimum atomic E-state index is -3.97. The second-order valence-corrected chi connectivity index (χ2v) is 8.72. The molecule has 0 radical (unpaired) electrons. The van der Waals surface area contributed by atoms with Crippen LogP contribution in [0.1, 0.15) is 18.1 Å². The molecule has 1 heterocycles. The zero-order valence-corrected chi connectivity index (χ0v) is 16.4. The molecule has 0 aliphatic carbocycles. The number of sulfonamides is 1. The van der Waals surface area contributed by atoms with E-state index in [1.807, 2.05) is 24.3 Å². The van der Waals surface area contributed by atoms with Gasteiger partial charge < -0.3 is 4.90 Å². The normalized spacial score (nSPS) is 15.4. The van der Waals surface area contributed by atoms with Crippen molar-refractivity contribution in [3.05, 3.63) is 63.6 Å². The Hall–Kier alpha value is -1.60. The third kappa shape index (κ3) is 4.04. The number of halogens is 2. The summed E-state index contributed by atoms with van der Waals surface area (Å²) in [6.45, 7) is 2.55. The number of nitrogens with zero attached hydrogens (tertiary/aromatic N) is 1. The fourth-order valence-electron chi connectivity index (χ4n) is 2.99. The van der Waals surface area contributed by atoms with Crippen molar-refractivity contribution in [2.45, 2.75) is 30.8 Å². The number of fused-ring (bicyclic) bond motifs is 1. The number of carbonyl (C=O) groups is 1. The molecule has 0 saturated carbocycles. The van der Waals surface area contributed by atoms with Crippen molar-refractivity contribution in [1.82, 2.24) is 9.62 Å². The lowest BCUT2D eigenvalue weighted by Gasteiger charge is -2.31. The van der Waals surface area contributed by atoms with Gasteiger partial charge in [0.15, 0.2) is 0 Å². The summed E-state index contributed by atoms with van der Waals surface area (Å²) in [5.74, 6) is -0.277. The molecule has 8 heteroatoms. The lowest BCUT2D eigenvalue weighted by atomic mass is 9.99. The molecule has 1 amide bonds. The molecular weight excluding hydrogens is 395 g/mol. The van der Waals surface area contributed by atoms with E-state index in [1.54, 1.807) is 4.90 Å². The molecular formula is C18H18Cl2N2O3S. The zero-order valence-electron chi connectivity index (χ0n) is 14.1. The van der Waals surface area contributed by atoms with Gasteiger partial charge in [0.05, 0.1) is 11.1 Å². The van der Waals surface area contributed by atoms with Crippen molar-refractivity contribution < 1.29 is 13.2 Å². The predicted octanol–water partition coefficient (Wildman–Crippen LogP) is 3.25. The van der Waals surface area contributed by atoms with Crippen molar-refractivity contribution in [1.29, 1.82) is 0 Å². The maximum Gasteiger partial charge on any atom is 0.242 e. The van der Waals surface area contributed by atoms with Gasteiger partial charge in [0, 0.05) is 18.1 Å². The highest BCUT2D eigenvalue weighted by atomic mass is 35.5.